The van der Waals surface area contributed by atoms with Crippen molar-refractivity contribution in [3.05, 3.63) is 65.2 Å². The van der Waals surface area contributed by atoms with Crippen LogP contribution in [-0.2, 0) is 16.0 Å². The van der Waals surface area contributed by atoms with Gasteiger partial charge in [-0.3, -0.25) is 9.59 Å². The van der Waals surface area contributed by atoms with Gasteiger partial charge in [0.05, 0.1) is 24.2 Å². The minimum absolute atomic E-state index is 0.0502. The lowest BCUT2D eigenvalue weighted by Gasteiger charge is -2.32. The van der Waals surface area contributed by atoms with E-state index in [4.69, 9.17) is 0 Å². The number of methoxy groups -OCH3 is 1. The summed E-state index contributed by atoms with van der Waals surface area (Å²) in [5, 5.41) is 2.89. The third-order valence-corrected chi connectivity index (χ3v) is 5.50. The Balaban J connectivity index is 1.53. The van der Waals surface area contributed by atoms with Crippen molar-refractivity contribution in [1.29, 1.82) is 0 Å². The first kappa shape index (κ1) is 24.2. The molecule has 1 aliphatic rings. The average Bonchev–Trinajstić information content (AvgIpc) is 2.83. The topological polar surface area (TPSA) is 84.9 Å². The SMILES string of the molecule is COC(=O)c1ccc(CCNC(=O)C2CCCN(C(=O)c3ccccc3OC(F)F)C2)cc1. The van der Waals surface area contributed by atoms with Gasteiger partial charge in [-0.2, -0.15) is 8.78 Å². The number of halogens is 2. The molecule has 1 aliphatic heterocycles. The van der Waals surface area contributed by atoms with Crippen molar-refractivity contribution < 1.29 is 32.6 Å². The third kappa shape index (κ3) is 6.50. The predicted octanol–water partition coefficient (Wildman–Crippen LogP) is 3.29. The molecule has 9 heteroatoms. The lowest BCUT2D eigenvalue weighted by Crippen LogP contribution is -2.45. The van der Waals surface area contributed by atoms with E-state index in [1.807, 2.05) is 0 Å². The molecule has 1 saturated heterocycles. The fraction of sp³-hybridized carbons (Fsp3) is 0.375. The lowest BCUT2D eigenvalue weighted by molar-refractivity contribution is -0.126. The van der Waals surface area contributed by atoms with Crippen molar-refractivity contribution in [3.8, 4) is 5.75 Å². The molecule has 2 aromatic carbocycles. The van der Waals surface area contributed by atoms with E-state index in [2.05, 4.69) is 14.8 Å². The number of ether oxygens (including phenoxy) is 2. The van der Waals surface area contributed by atoms with Gasteiger partial charge in [0.1, 0.15) is 5.75 Å². The highest BCUT2D eigenvalue weighted by atomic mass is 19.3. The van der Waals surface area contributed by atoms with E-state index in [-0.39, 0.29) is 29.7 Å². The molecule has 0 aromatic heterocycles. The van der Waals surface area contributed by atoms with Gasteiger partial charge in [0.2, 0.25) is 5.91 Å². The van der Waals surface area contributed by atoms with E-state index >= 15 is 0 Å². The van der Waals surface area contributed by atoms with Gasteiger partial charge in [0, 0.05) is 19.6 Å². The van der Waals surface area contributed by atoms with Gasteiger partial charge in [-0.25, -0.2) is 4.79 Å². The minimum atomic E-state index is -3.03. The number of likely N-dealkylation sites (tertiary alicyclic amines) is 1. The van der Waals surface area contributed by atoms with E-state index in [9.17, 15) is 23.2 Å². The van der Waals surface area contributed by atoms with Crippen molar-refractivity contribution in [1.82, 2.24) is 10.2 Å². The molecule has 0 radical (unpaired) electrons. The maximum Gasteiger partial charge on any atom is 0.387 e. The van der Waals surface area contributed by atoms with E-state index < -0.39 is 18.5 Å². The Bertz CT molecular complexity index is 981. The second kappa shape index (κ2) is 11.4. The number of nitrogens with one attached hydrogen (secondary N) is 1. The van der Waals surface area contributed by atoms with Gasteiger partial charge >= 0.3 is 12.6 Å². The molecule has 176 valence electrons. The lowest BCUT2D eigenvalue weighted by atomic mass is 9.96. The highest BCUT2D eigenvalue weighted by molar-refractivity contribution is 5.97. The summed E-state index contributed by atoms with van der Waals surface area (Å²) in [6.07, 6.45) is 1.86. The summed E-state index contributed by atoms with van der Waals surface area (Å²) >= 11 is 0. The number of carbonyl (C=O) groups excluding carboxylic acids is 3. The first-order valence-corrected chi connectivity index (χ1v) is 10.7. The molecule has 0 aliphatic carbocycles. The van der Waals surface area contributed by atoms with Crippen LogP contribution in [0.2, 0.25) is 0 Å². The van der Waals surface area contributed by atoms with Crippen LogP contribution in [0, 0.1) is 5.92 Å². The number of rotatable bonds is 8. The molecule has 7 nitrogen and oxygen atoms in total. The first-order valence-electron chi connectivity index (χ1n) is 10.7. The molecule has 1 unspecified atom stereocenters. The normalized spacial score (nSPS) is 15.8. The second-order valence-electron chi connectivity index (χ2n) is 7.69. The molecule has 1 heterocycles. The van der Waals surface area contributed by atoms with Gasteiger partial charge in [-0.05, 0) is 49.1 Å². The number of hydrogen-bond acceptors (Lipinski definition) is 5. The van der Waals surface area contributed by atoms with Crippen LogP contribution in [0.15, 0.2) is 48.5 Å². The van der Waals surface area contributed by atoms with Crippen LogP contribution in [0.25, 0.3) is 0 Å². The molecule has 1 N–H and O–H groups in total. The van der Waals surface area contributed by atoms with E-state index in [1.54, 1.807) is 30.3 Å². The van der Waals surface area contributed by atoms with Crippen LogP contribution in [0.5, 0.6) is 5.75 Å². The van der Waals surface area contributed by atoms with Crippen molar-refractivity contribution in [2.24, 2.45) is 5.92 Å². The van der Waals surface area contributed by atoms with Gasteiger partial charge in [0.25, 0.3) is 5.91 Å². The van der Waals surface area contributed by atoms with E-state index in [1.165, 1.54) is 30.2 Å². The predicted molar refractivity (Wildman–Crippen MR) is 116 cm³/mol. The van der Waals surface area contributed by atoms with Crippen molar-refractivity contribution in [2.45, 2.75) is 25.9 Å². The largest absolute Gasteiger partial charge is 0.465 e. The number of alkyl halides is 2. The Morgan fingerprint density at radius 3 is 2.55 bits per heavy atom. The van der Waals surface area contributed by atoms with Crippen LogP contribution in [-0.4, -0.2) is 56.0 Å². The Kier molecular flexibility index (Phi) is 8.34. The molecule has 0 bridgehead atoms. The van der Waals surface area contributed by atoms with Crippen LogP contribution in [0.4, 0.5) is 8.78 Å². The number of para-hydroxylation sites is 1. The third-order valence-electron chi connectivity index (χ3n) is 5.50. The number of piperidine rings is 1. The van der Waals surface area contributed by atoms with Gasteiger partial charge < -0.3 is 19.7 Å². The van der Waals surface area contributed by atoms with Gasteiger partial charge in [0.15, 0.2) is 0 Å². The summed E-state index contributed by atoms with van der Waals surface area (Å²) in [5.41, 5.74) is 1.46. The van der Waals surface area contributed by atoms with Crippen molar-refractivity contribution >= 4 is 17.8 Å². The van der Waals surface area contributed by atoms with E-state index in [0.29, 0.717) is 37.9 Å². The molecule has 3 rings (SSSR count). The fourth-order valence-electron chi connectivity index (χ4n) is 3.79. The van der Waals surface area contributed by atoms with Gasteiger partial charge in [-0.1, -0.05) is 24.3 Å². The summed E-state index contributed by atoms with van der Waals surface area (Å²) < 4.78 is 34.5. The summed E-state index contributed by atoms with van der Waals surface area (Å²) in [5.74, 6) is -1.56. The molecule has 1 fully saturated rings. The van der Waals surface area contributed by atoms with Crippen LogP contribution in [0.3, 0.4) is 0 Å². The first-order chi connectivity index (χ1) is 15.9. The molecule has 0 saturated carbocycles. The Labute approximate surface area is 190 Å². The highest BCUT2D eigenvalue weighted by Crippen LogP contribution is 2.25. The quantitative estimate of drug-likeness (QED) is 0.611. The number of benzene rings is 2. The number of amides is 2. The maximum absolute atomic E-state index is 12.9. The standard InChI is InChI=1S/C24H26F2N2O5/c1-32-23(31)17-10-8-16(9-11-17)12-13-27-21(29)18-5-4-14-28(15-18)22(30)19-6-2-3-7-20(19)33-24(25)26/h2-3,6-11,18,24H,4-5,12-15H2,1H3,(H,27,29). The smallest absolute Gasteiger partial charge is 0.387 e. The fourth-order valence-corrected chi connectivity index (χ4v) is 3.79. The average molecular weight is 460 g/mol. The van der Waals surface area contributed by atoms with Crippen molar-refractivity contribution in [3.63, 3.8) is 0 Å². The monoisotopic (exact) mass is 460 g/mol. The number of hydrogen-bond donors (Lipinski definition) is 1. The van der Waals surface area contributed by atoms with Crippen LogP contribution >= 0.6 is 0 Å². The van der Waals surface area contributed by atoms with Crippen molar-refractivity contribution in [2.75, 3.05) is 26.7 Å². The molecule has 2 aromatic rings. The van der Waals surface area contributed by atoms with Gasteiger partial charge in [-0.15, -0.1) is 0 Å². The Morgan fingerprint density at radius 2 is 1.85 bits per heavy atom. The summed E-state index contributed by atoms with van der Waals surface area (Å²) in [6.45, 7) is -1.97. The number of esters is 1. The van der Waals surface area contributed by atoms with E-state index in [0.717, 1.165) is 5.56 Å². The van der Waals surface area contributed by atoms with Crippen LogP contribution < -0.4 is 10.1 Å². The zero-order valence-electron chi connectivity index (χ0n) is 18.3. The molecule has 1 atom stereocenters. The summed E-state index contributed by atoms with van der Waals surface area (Å²) in [7, 11) is 1.32. The second-order valence-corrected chi connectivity index (χ2v) is 7.69. The molecule has 0 spiro atoms. The summed E-state index contributed by atoms with van der Waals surface area (Å²) in [6, 6.07) is 12.8. The molecular weight excluding hydrogens is 434 g/mol. The minimum Gasteiger partial charge on any atom is -0.465 e. The zero-order chi connectivity index (χ0) is 23.8. The molecule has 2 amide bonds. The molecule has 33 heavy (non-hydrogen) atoms. The summed E-state index contributed by atoms with van der Waals surface area (Å²) in [4.78, 5) is 38.5. The number of nitrogens with zero attached hydrogens (tertiary/aromatic N) is 1. The maximum atomic E-state index is 12.9. The molecular formula is C24H26F2N2O5. The highest BCUT2D eigenvalue weighted by Gasteiger charge is 2.30. The Morgan fingerprint density at radius 1 is 1.12 bits per heavy atom. The zero-order valence-corrected chi connectivity index (χ0v) is 18.3. The van der Waals surface area contributed by atoms with Crippen LogP contribution in [0.1, 0.15) is 39.1 Å². The number of carbonyl (C=O) groups is 3. The Hall–Kier alpha value is -3.49.